The number of carbonyl (C=O) groups is 3. The Bertz CT molecular complexity index is 1460. The minimum Gasteiger partial charge on any atom is -0.507 e. The Kier molecular flexibility index (Phi) is 7.30. The van der Waals surface area contributed by atoms with E-state index >= 15 is 0 Å². The summed E-state index contributed by atoms with van der Waals surface area (Å²) in [5.41, 5.74) is 2.81. The highest BCUT2D eigenvalue weighted by Gasteiger charge is 2.47. The van der Waals surface area contributed by atoms with E-state index in [1.54, 1.807) is 36.4 Å². The molecule has 0 saturated carbocycles. The Hall–Kier alpha value is -3.81. The van der Waals surface area contributed by atoms with Crippen LogP contribution in [0, 0.1) is 13.8 Å². The van der Waals surface area contributed by atoms with Gasteiger partial charge in [-0.25, -0.2) is 0 Å². The molecule has 1 aliphatic heterocycles. The van der Waals surface area contributed by atoms with E-state index in [0.717, 1.165) is 11.1 Å². The van der Waals surface area contributed by atoms with Crippen LogP contribution >= 0.6 is 23.2 Å². The molecule has 3 aromatic rings. The van der Waals surface area contributed by atoms with Gasteiger partial charge < -0.3 is 14.6 Å². The number of benzene rings is 3. The number of Topliss-reactive ketones (excluding diaryl/α,β-unsaturated/α-hetero) is 1. The lowest BCUT2D eigenvalue weighted by Crippen LogP contribution is -2.29. The summed E-state index contributed by atoms with van der Waals surface area (Å²) in [6.07, 6.45) is 0. The van der Waals surface area contributed by atoms with Gasteiger partial charge in [0.1, 0.15) is 11.5 Å². The Morgan fingerprint density at radius 3 is 2.24 bits per heavy atom. The fourth-order valence-electron chi connectivity index (χ4n) is 4.25. The molecule has 0 bridgehead atoms. The van der Waals surface area contributed by atoms with Crippen LogP contribution in [0.5, 0.6) is 11.5 Å². The maximum atomic E-state index is 13.4. The summed E-state index contributed by atoms with van der Waals surface area (Å²) in [5.74, 6) is -2.26. The number of ether oxygens (including phenoxy) is 2. The Labute approximate surface area is 223 Å². The van der Waals surface area contributed by atoms with Gasteiger partial charge in [0.05, 0.1) is 28.8 Å². The molecule has 1 fully saturated rings. The van der Waals surface area contributed by atoms with Crippen LogP contribution in [0.3, 0.4) is 0 Å². The van der Waals surface area contributed by atoms with Gasteiger partial charge in [-0.2, -0.15) is 0 Å². The van der Waals surface area contributed by atoms with Crippen molar-refractivity contribution in [2.24, 2.45) is 0 Å². The number of carbonyl (C=O) groups excluding carboxylic acids is 3. The third-order valence-electron chi connectivity index (χ3n) is 6.12. The highest BCUT2D eigenvalue weighted by Crippen LogP contribution is 2.44. The van der Waals surface area contributed by atoms with Crippen LogP contribution in [0.1, 0.15) is 35.2 Å². The van der Waals surface area contributed by atoms with Crippen molar-refractivity contribution < 1.29 is 29.0 Å². The third-order valence-corrected chi connectivity index (χ3v) is 6.69. The summed E-state index contributed by atoms with van der Waals surface area (Å²) in [6.45, 7) is 5.10. The molecule has 4 rings (SSSR count). The van der Waals surface area contributed by atoms with E-state index in [-0.39, 0.29) is 32.7 Å². The number of nitrogens with zero attached hydrogens (tertiary/aromatic N) is 1. The van der Waals surface area contributed by atoms with Gasteiger partial charge in [0.25, 0.3) is 11.7 Å². The molecule has 0 radical (unpaired) electrons. The number of aliphatic hydroxyl groups excluding tert-OH is 1. The van der Waals surface area contributed by atoms with E-state index in [1.807, 2.05) is 19.9 Å². The quantitative estimate of drug-likeness (QED) is 0.137. The fourth-order valence-corrected chi connectivity index (χ4v) is 4.89. The largest absolute Gasteiger partial charge is 0.507 e. The lowest BCUT2D eigenvalue weighted by molar-refractivity contribution is -0.132. The smallest absolute Gasteiger partial charge is 0.308 e. The van der Waals surface area contributed by atoms with E-state index < -0.39 is 29.5 Å². The molecule has 3 aromatic carbocycles. The highest BCUT2D eigenvalue weighted by atomic mass is 35.5. The number of ketones is 1. The second-order valence-corrected chi connectivity index (χ2v) is 9.39. The third kappa shape index (κ3) is 4.92. The molecular formula is C28H23Cl2NO6. The normalized spacial score (nSPS) is 16.7. The number of hydrogen-bond donors (Lipinski definition) is 1. The van der Waals surface area contributed by atoms with Crippen molar-refractivity contribution in [2.45, 2.75) is 26.8 Å². The molecule has 1 saturated heterocycles. The van der Waals surface area contributed by atoms with Crippen molar-refractivity contribution in [3.05, 3.63) is 92.5 Å². The first kappa shape index (κ1) is 26.3. The molecule has 1 atom stereocenters. The predicted molar refractivity (Wildman–Crippen MR) is 141 cm³/mol. The van der Waals surface area contributed by atoms with Crippen LogP contribution < -0.4 is 14.4 Å². The lowest BCUT2D eigenvalue weighted by Gasteiger charge is -2.26. The number of aliphatic hydroxyl groups is 1. The van der Waals surface area contributed by atoms with Crippen molar-refractivity contribution >= 4 is 52.3 Å². The number of amides is 1. The fraction of sp³-hybridized carbons (Fsp3) is 0.179. The molecule has 37 heavy (non-hydrogen) atoms. The zero-order valence-electron chi connectivity index (χ0n) is 20.5. The molecule has 1 unspecified atom stereocenters. The molecular weight excluding hydrogens is 517 g/mol. The van der Waals surface area contributed by atoms with Crippen LogP contribution in [0.4, 0.5) is 5.69 Å². The van der Waals surface area contributed by atoms with Crippen molar-refractivity contribution in [1.82, 2.24) is 0 Å². The van der Waals surface area contributed by atoms with Crippen molar-refractivity contribution in [3.8, 4) is 11.5 Å². The van der Waals surface area contributed by atoms with Gasteiger partial charge in [0.2, 0.25) is 0 Å². The molecule has 1 aliphatic rings. The first-order chi connectivity index (χ1) is 17.5. The second-order valence-electron chi connectivity index (χ2n) is 8.58. The first-order valence-electron chi connectivity index (χ1n) is 11.2. The summed E-state index contributed by atoms with van der Waals surface area (Å²) in [5, 5.41) is 11.6. The molecule has 1 heterocycles. The number of rotatable bonds is 5. The van der Waals surface area contributed by atoms with E-state index in [1.165, 1.54) is 31.1 Å². The van der Waals surface area contributed by atoms with Gasteiger partial charge in [0.15, 0.2) is 5.75 Å². The van der Waals surface area contributed by atoms with Gasteiger partial charge in [0, 0.05) is 18.2 Å². The minimum atomic E-state index is -1.03. The topological polar surface area (TPSA) is 93.1 Å². The maximum absolute atomic E-state index is 13.4. The summed E-state index contributed by atoms with van der Waals surface area (Å²) >= 11 is 12.6. The number of anilines is 1. The van der Waals surface area contributed by atoms with Crippen LogP contribution in [0.15, 0.2) is 60.2 Å². The molecule has 1 amide bonds. The molecule has 0 spiro atoms. The molecule has 0 aromatic heterocycles. The first-order valence-corrected chi connectivity index (χ1v) is 12.0. The Balaban J connectivity index is 1.97. The Morgan fingerprint density at radius 1 is 0.973 bits per heavy atom. The Morgan fingerprint density at radius 2 is 1.65 bits per heavy atom. The molecule has 1 N–H and O–H groups in total. The number of methoxy groups -OCH3 is 1. The van der Waals surface area contributed by atoms with Crippen LogP contribution in [-0.2, 0) is 14.4 Å². The number of hydrogen-bond acceptors (Lipinski definition) is 6. The summed E-state index contributed by atoms with van der Waals surface area (Å²) in [7, 11) is 1.40. The predicted octanol–water partition coefficient (Wildman–Crippen LogP) is 6.17. The zero-order valence-corrected chi connectivity index (χ0v) is 22.0. The number of halogens is 2. The van der Waals surface area contributed by atoms with Gasteiger partial charge >= 0.3 is 5.97 Å². The summed E-state index contributed by atoms with van der Waals surface area (Å²) in [4.78, 5) is 39.7. The van der Waals surface area contributed by atoms with E-state index in [9.17, 15) is 19.5 Å². The summed E-state index contributed by atoms with van der Waals surface area (Å²) in [6, 6.07) is 13.6. The van der Waals surface area contributed by atoms with Crippen molar-refractivity contribution in [2.75, 3.05) is 12.0 Å². The maximum Gasteiger partial charge on any atom is 0.308 e. The monoisotopic (exact) mass is 539 g/mol. The standard InChI is InChI=1S/C28H23Cl2NO6/c1-14-8-9-19(10-15(14)2)31-24(17-6-5-7-20(11-17)37-16(3)32)23(26(34)28(31)35)25(33)18-12-21(29)27(36-4)22(30)13-18/h5-13,24,33H,1-4H3/b25-23+. The molecule has 7 nitrogen and oxygen atoms in total. The van der Waals surface area contributed by atoms with Crippen molar-refractivity contribution in [1.29, 1.82) is 0 Å². The molecule has 9 heteroatoms. The zero-order chi connectivity index (χ0) is 27.0. The summed E-state index contributed by atoms with van der Waals surface area (Å²) < 4.78 is 10.4. The average Bonchev–Trinajstić information content (AvgIpc) is 3.10. The number of esters is 1. The van der Waals surface area contributed by atoms with E-state index in [4.69, 9.17) is 32.7 Å². The van der Waals surface area contributed by atoms with Crippen LogP contribution in [0.25, 0.3) is 5.76 Å². The van der Waals surface area contributed by atoms with E-state index in [2.05, 4.69) is 0 Å². The van der Waals surface area contributed by atoms with Crippen molar-refractivity contribution in [3.63, 3.8) is 0 Å². The second kappa shape index (κ2) is 10.3. The SMILES string of the molecule is COc1c(Cl)cc(/C(O)=C2\C(=O)C(=O)N(c3ccc(C)c(C)c3)C2c2cccc(OC(C)=O)c2)cc1Cl. The van der Waals surface area contributed by atoms with Gasteiger partial charge in [-0.1, -0.05) is 41.4 Å². The lowest BCUT2D eigenvalue weighted by atomic mass is 9.94. The van der Waals surface area contributed by atoms with Crippen LogP contribution in [-0.4, -0.2) is 29.9 Å². The van der Waals surface area contributed by atoms with Gasteiger partial charge in [-0.3, -0.25) is 19.3 Å². The van der Waals surface area contributed by atoms with Gasteiger partial charge in [-0.05, 0) is 66.9 Å². The van der Waals surface area contributed by atoms with E-state index in [0.29, 0.717) is 11.3 Å². The number of aryl methyl sites for hydroxylation is 2. The molecule has 190 valence electrons. The average molecular weight is 540 g/mol. The van der Waals surface area contributed by atoms with Crippen LogP contribution in [0.2, 0.25) is 10.0 Å². The van der Waals surface area contributed by atoms with Gasteiger partial charge in [-0.15, -0.1) is 0 Å². The minimum absolute atomic E-state index is 0.119. The highest BCUT2D eigenvalue weighted by molar-refractivity contribution is 6.51. The molecule has 0 aliphatic carbocycles.